The van der Waals surface area contributed by atoms with Crippen molar-refractivity contribution in [2.24, 2.45) is 0 Å². The molecule has 0 spiro atoms. The summed E-state index contributed by atoms with van der Waals surface area (Å²) in [6, 6.07) is 1.18. The third kappa shape index (κ3) is 16.6. The van der Waals surface area contributed by atoms with Gasteiger partial charge < -0.3 is 15.4 Å². The van der Waals surface area contributed by atoms with Gasteiger partial charge in [-0.15, -0.1) is 0 Å². The molecule has 0 rings (SSSR count). The minimum Gasteiger partial charge on any atom is -0.370 e. The van der Waals surface area contributed by atoms with Crippen molar-refractivity contribution in [1.29, 1.82) is 0 Å². The minimum absolute atomic E-state index is 0.589. The van der Waals surface area contributed by atoms with E-state index in [9.17, 15) is 0 Å². The van der Waals surface area contributed by atoms with E-state index >= 15 is 0 Å². The van der Waals surface area contributed by atoms with Crippen LogP contribution in [0.4, 0.5) is 0 Å². The molecule has 0 aromatic carbocycles. The van der Waals surface area contributed by atoms with Crippen LogP contribution in [0.25, 0.3) is 0 Å². The second kappa shape index (κ2) is 14.0. The number of hydrogen-bond acceptors (Lipinski definition) is 5. The zero-order valence-electron chi connectivity index (χ0n) is 12.3. The Kier molecular flexibility index (Phi) is 14.5. The molecule has 5 heteroatoms. The summed E-state index contributed by atoms with van der Waals surface area (Å²) in [6.45, 7) is 11.8. The van der Waals surface area contributed by atoms with E-state index in [2.05, 4.69) is 38.3 Å². The molecule has 0 amide bonds. The summed E-state index contributed by atoms with van der Waals surface area (Å²) >= 11 is 0. The molecule has 0 aliphatic heterocycles. The molecule has 0 aliphatic carbocycles. The van der Waals surface area contributed by atoms with Crippen molar-refractivity contribution in [3.63, 3.8) is 0 Å². The highest BCUT2D eigenvalue weighted by Gasteiger charge is 1.95. The van der Waals surface area contributed by atoms with Gasteiger partial charge in [0.1, 0.15) is 5.94 Å². The molecule has 0 saturated carbocycles. The maximum Gasteiger partial charge on any atom is 0.102 e. The molecular weight excluding hydrogens is 264 g/mol. The summed E-state index contributed by atoms with van der Waals surface area (Å²) in [5.41, 5.74) is 0. The normalized spacial score (nSPS) is 11.7. The number of nitrogens with one attached hydrogen (secondary N) is 2. The van der Waals surface area contributed by atoms with Gasteiger partial charge in [-0.1, -0.05) is 49.3 Å². The lowest BCUT2D eigenvalue weighted by molar-refractivity contribution is 0.178. The van der Waals surface area contributed by atoms with Crippen molar-refractivity contribution in [2.75, 3.05) is 31.4 Å². The van der Waals surface area contributed by atoms with Crippen LogP contribution in [0.5, 0.6) is 0 Å². The number of hydrogen-bond donors (Lipinski definition) is 2. The van der Waals surface area contributed by atoms with Crippen LogP contribution in [0.2, 0.25) is 0 Å². The molecule has 3 nitrogen and oxygen atoms in total. The predicted octanol–water partition coefficient (Wildman–Crippen LogP) is 3.12. The molecule has 0 aliphatic rings. The summed E-state index contributed by atoms with van der Waals surface area (Å²) in [7, 11) is 3.70. The zero-order chi connectivity index (χ0) is 13.6. The lowest BCUT2D eigenvalue weighted by Crippen LogP contribution is -2.24. The summed E-state index contributed by atoms with van der Waals surface area (Å²) in [5.74, 6) is 1.95. The van der Waals surface area contributed by atoms with Crippen molar-refractivity contribution in [3.05, 3.63) is 0 Å². The average molecular weight is 295 g/mol. The topological polar surface area (TPSA) is 33.3 Å². The maximum atomic E-state index is 5.56. The number of ether oxygens (including phenoxy) is 1. The fourth-order valence-electron chi connectivity index (χ4n) is 1.30. The van der Waals surface area contributed by atoms with Gasteiger partial charge in [0.15, 0.2) is 0 Å². The van der Waals surface area contributed by atoms with Gasteiger partial charge in [-0.05, 0) is 19.4 Å². The Morgan fingerprint density at radius 1 is 0.889 bits per heavy atom. The summed E-state index contributed by atoms with van der Waals surface area (Å²) in [4.78, 5) is 0. The predicted molar refractivity (Wildman–Crippen MR) is 86.4 cm³/mol. The van der Waals surface area contributed by atoms with Gasteiger partial charge in [0, 0.05) is 31.0 Å². The second-order valence-corrected chi connectivity index (χ2v) is 7.42. The van der Waals surface area contributed by atoms with Gasteiger partial charge in [-0.3, -0.25) is 0 Å². The molecule has 110 valence electrons. The van der Waals surface area contributed by atoms with E-state index in [1.807, 2.05) is 21.6 Å². The molecule has 0 saturated heterocycles. The first kappa shape index (κ1) is 18.6. The van der Waals surface area contributed by atoms with Crippen LogP contribution in [-0.2, 0) is 4.74 Å². The first-order valence-electron chi connectivity index (χ1n) is 6.92. The lowest BCUT2D eigenvalue weighted by atomic mass is 10.3. The van der Waals surface area contributed by atoms with E-state index in [4.69, 9.17) is 4.74 Å². The van der Waals surface area contributed by atoms with Gasteiger partial charge in [-0.25, -0.2) is 0 Å². The van der Waals surface area contributed by atoms with E-state index in [0.717, 1.165) is 37.8 Å². The van der Waals surface area contributed by atoms with Crippen LogP contribution in [0.1, 0.15) is 40.5 Å². The van der Waals surface area contributed by atoms with Crippen molar-refractivity contribution < 1.29 is 4.74 Å². The SMILES string of the molecule is CC(C)NCCCCOCSSCCNC(C)C. The van der Waals surface area contributed by atoms with E-state index in [-0.39, 0.29) is 0 Å². The fourth-order valence-corrected chi connectivity index (χ4v) is 2.88. The van der Waals surface area contributed by atoms with Gasteiger partial charge in [0.2, 0.25) is 0 Å². The van der Waals surface area contributed by atoms with Gasteiger partial charge in [0.25, 0.3) is 0 Å². The molecule has 18 heavy (non-hydrogen) atoms. The van der Waals surface area contributed by atoms with Gasteiger partial charge in [-0.2, -0.15) is 0 Å². The Hall–Kier alpha value is 0.580. The number of unbranched alkanes of at least 4 members (excludes halogenated alkanes) is 1. The lowest BCUT2D eigenvalue weighted by Gasteiger charge is -2.08. The molecule has 0 unspecified atom stereocenters. The van der Waals surface area contributed by atoms with Crippen molar-refractivity contribution in [1.82, 2.24) is 10.6 Å². The molecule has 0 heterocycles. The van der Waals surface area contributed by atoms with Crippen LogP contribution in [-0.4, -0.2) is 43.5 Å². The van der Waals surface area contributed by atoms with Crippen molar-refractivity contribution >= 4 is 21.6 Å². The highest BCUT2D eigenvalue weighted by molar-refractivity contribution is 8.76. The molecule has 2 N–H and O–H groups in total. The Morgan fingerprint density at radius 2 is 1.56 bits per heavy atom. The first-order valence-corrected chi connectivity index (χ1v) is 9.40. The largest absolute Gasteiger partial charge is 0.370 e. The van der Waals surface area contributed by atoms with E-state index in [0.29, 0.717) is 12.1 Å². The first-order chi connectivity index (χ1) is 8.63. The third-order valence-corrected chi connectivity index (χ3v) is 4.31. The molecule has 0 aromatic rings. The molecule has 0 bridgehead atoms. The molecule has 0 aromatic heterocycles. The van der Waals surface area contributed by atoms with Crippen molar-refractivity contribution in [3.8, 4) is 0 Å². The standard InChI is InChI=1S/C13H30N2OS2/c1-12(2)14-7-5-6-9-16-11-18-17-10-8-15-13(3)4/h12-15H,5-11H2,1-4H3. The average Bonchev–Trinajstić information content (AvgIpc) is 2.29. The van der Waals surface area contributed by atoms with Crippen molar-refractivity contribution in [2.45, 2.75) is 52.6 Å². The highest BCUT2D eigenvalue weighted by Crippen LogP contribution is 2.20. The summed E-state index contributed by atoms with van der Waals surface area (Å²) in [6.07, 6.45) is 2.36. The molecule has 0 radical (unpaired) electrons. The molecule has 0 fully saturated rings. The Bertz CT molecular complexity index is 151. The van der Waals surface area contributed by atoms with Gasteiger partial charge in [0.05, 0.1) is 0 Å². The van der Waals surface area contributed by atoms with Crippen LogP contribution >= 0.6 is 21.6 Å². The van der Waals surface area contributed by atoms with E-state index in [1.54, 1.807) is 0 Å². The third-order valence-electron chi connectivity index (χ3n) is 2.22. The quantitative estimate of drug-likeness (QED) is 0.310. The minimum atomic E-state index is 0.589. The number of rotatable bonds is 13. The van der Waals surface area contributed by atoms with E-state index in [1.165, 1.54) is 6.42 Å². The van der Waals surface area contributed by atoms with Crippen LogP contribution in [0, 0.1) is 0 Å². The smallest absolute Gasteiger partial charge is 0.102 e. The zero-order valence-corrected chi connectivity index (χ0v) is 14.0. The highest BCUT2D eigenvalue weighted by atomic mass is 33.1. The van der Waals surface area contributed by atoms with Crippen LogP contribution in [0.15, 0.2) is 0 Å². The van der Waals surface area contributed by atoms with Gasteiger partial charge >= 0.3 is 0 Å². The summed E-state index contributed by atoms with van der Waals surface area (Å²) in [5, 5.41) is 6.81. The molecular formula is C13H30N2OS2. The Morgan fingerprint density at radius 3 is 2.22 bits per heavy atom. The molecule has 0 atom stereocenters. The van der Waals surface area contributed by atoms with Crippen LogP contribution < -0.4 is 10.6 Å². The Labute approximate surface area is 121 Å². The maximum absolute atomic E-state index is 5.56. The summed E-state index contributed by atoms with van der Waals surface area (Å²) < 4.78 is 5.56. The van der Waals surface area contributed by atoms with Crippen LogP contribution in [0.3, 0.4) is 0 Å². The fraction of sp³-hybridized carbons (Fsp3) is 1.00. The monoisotopic (exact) mass is 294 g/mol. The Balaban J connectivity index is 2.95. The van der Waals surface area contributed by atoms with E-state index < -0.39 is 0 Å². The second-order valence-electron chi connectivity index (χ2n) is 4.89.